The van der Waals surface area contributed by atoms with E-state index in [1.54, 1.807) is 45.0 Å². The zero-order valence-electron chi connectivity index (χ0n) is 16.5. The first-order chi connectivity index (χ1) is 13.7. The second kappa shape index (κ2) is 12.2. The van der Waals surface area contributed by atoms with Gasteiger partial charge in [0.15, 0.2) is 0 Å². The molecule has 160 valence electrons. The van der Waals surface area contributed by atoms with Crippen LogP contribution < -0.4 is 16.2 Å². The topological polar surface area (TPSA) is 148 Å². The summed E-state index contributed by atoms with van der Waals surface area (Å²) in [5.41, 5.74) is 4.54. The van der Waals surface area contributed by atoms with E-state index in [0.717, 1.165) is 11.9 Å². The molecular weight excluding hydrogens is 384 g/mol. The van der Waals surface area contributed by atoms with E-state index in [9.17, 15) is 14.4 Å². The zero-order chi connectivity index (χ0) is 21.7. The molecule has 2 amide bonds. The summed E-state index contributed by atoms with van der Waals surface area (Å²) in [5, 5.41) is 14.9. The van der Waals surface area contributed by atoms with Crippen molar-refractivity contribution in [2.24, 2.45) is 5.10 Å². The van der Waals surface area contributed by atoms with E-state index in [1.807, 2.05) is 6.07 Å². The molecule has 0 saturated heterocycles. The fourth-order valence-electron chi connectivity index (χ4n) is 1.85. The smallest absolute Gasteiger partial charge is 0.428 e. The molecule has 1 rings (SSSR count). The molecule has 29 heavy (non-hydrogen) atoms. The molecular formula is C18H26N4O7. The number of alkyl carbamates (subject to hydrolysis) is 1. The third-order valence-corrected chi connectivity index (χ3v) is 3.07. The molecule has 1 atom stereocenters. The van der Waals surface area contributed by atoms with Crippen molar-refractivity contribution in [3.05, 3.63) is 35.9 Å². The number of rotatable bonds is 10. The minimum absolute atomic E-state index is 0.0260. The summed E-state index contributed by atoms with van der Waals surface area (Å²) < 4.78 is 9.94. The lowest BCUT2D eigenvalue weighted by atomic mass is 10.2. The van der Waals surface area contributed by atoms with Crippen LogP contribution in [0.2, 0.25) is 0 Å². The van der Waals surface area contributed by atoms with Crippen LogP contribution in [0.4, 0.5) is 9.59 Å². The molecule has 0 radical (unpaired) electrons. The Morgan fingerprint density at radius 2 is 1.86 bits per heavy atom. The van der Waals surface area contributed by atoms with Crippen LogP contribution in [0.25, 0.3) is 0 Å². The summed E-state index contributed by atoms with van der Waals surface area (Å²) in [6, 6.07) is 7.79. The molecule has 4 N–H and O–H groups in total. The normalized spacial score (nSPS) is 12.1. The number of nitrogens with one attached hydrogen (secondary N) is 3. The number of aliphatic carboxylic acids is 1. The number of carboxylic acid groups (broad SMARTS) is 1. The lowest BCUT2D eigenvalue weighted by Gasteiger charge is -2.18. The van der Waals surface area contributed by atoms with Crippen LogP contribution >= 0.6 is 0 Å². The van der Waals surface area contributed by atoms with Gasteiger partial charge >= 0.3 is 18.2 Å². The van der Waals surface area contributed by atoms with Gasteiger partial charge in [-0.1, -0.05) is 30.3 Å². The van der Waals surface area contributed by atoms with E-state index in [0.29, 0.717) is 0 Å². The number of hydrazone groups is 1. The maximum Gasteiger partial charge on any atom is 0.428 e. The van der Waals surface area contributed by atoms with Crippen LogP contribution in [0.3, 0.4) is 0 Å². The van der Waals surface area contributed by atoms with E-state index in [-0.39, 0.29) is 19.6 Å². The molecule has 0 aliphatic rings. The third kappa shape index (κ3) is 11.9. The highest BCUT2D eigenvalue weighted by Crippen LogP contribution is 2.06. The van der Waals surface area contributed by atoms with Crippen molar-refractivity contribution in [3.8, 4) is 0 Å². The second-order valence-corrected chi connectivity index (χ2v) is 6.72. The third-order valence-electron chi connectivity index (χ3n) is 3.07. The largest absolute Gasteiger partial charge is 0.480 e. The molecule has 11 nitrogen and oxygen atoms in total. The monoisotopic (exact) mass is 410 g/mol. The fraction of sp³-hybridized carbons (Fsp3) is 0.444. The van der Waals surface area contributed by atoms with E-state index in [4.69, 9.17) is 19.4 Å². The predicted molar refractivity (Wildman–Crippen MR) is 103 cm³/mol. The maximum absolute atomic E-state index is 11.7. The van der Waals surface area contributed by atoms with E-state index >= 15 is 0 Å². The van der Waals surface area contributed by atoms with Crippen molar-refractivity contribution in [2.45, 2.75) is 45.4 Å². The summed E-state index contributed by atoms with van der Waals surface area (Å²) in [6.45, 7) is 5.10. The minimum atomic E-state index is -1.23. The number of benzene rings is 1. The van der Waals surface area contributed by atoms with Gasteiger partial charge in [0.1, 0.15) is 24.6 Å². The molecule has 0 fully saturated rings. The summed E-state index contributed by atoms with van der Waals surface area (Å²) >= 11 is 0. The van der Waals surface area contributed by atoms with Crippen molar-refractivity contribution in [1.29, 1.82) is 0 Å². The molecule has 0 bridgehead atoms. The van der Waals surface area contributed by atoms with Gasteiger partial charge in [0.25, 0.3) is 0 Å². The standard InChI is InChI=1S/C18H26N4O7/c1-18(2,3)29-17(26)22-19-12-20-28-10-9-14(15(23)24)21-16(25)27-11-13-7-5-4-6-8-13/h4-8,12,14H,9-11H2,1-3H3,(H,19,20)(H,21,25)(H,22,26)(H,23,24)/t14-/m0/s1. The number of carboxylic acids is 1. The van der Waals surface area contributed by atoms with Gasteiger partial charge in [0, 0.05) is 6.42 Å². The van der Waals surface area contributed by atoms with Crippen LogP contribution in [0, 0.1) is 0 Å². The van der Waals surface area contributed by atoms with Gasteiger partial charge in [0.2, 0.25) is 0 Å². The molecule has 0 saturated carbocycles. The molecule has 1 aromatic rings. The fourth-order valence-corrected chi connectivity index (χ4v) is 1.85. The first-order valence-electron chi connectivity index (χ1n) is 8.75. The number of hydroxylamine groups is 1. The molecule has 0 unspecified atom stereocenters. The Morgan fingerprint density at radius 1 is 1.17 bits per heavy atom. The van der Waals surface area contributed by atoms with Crippen LogP contribution in [0.5, 0.6) is 0 Å². The van der Waals surface area contributed by atoms with Crippen molar-refractivity contribution in [3.63, 3.8) is 0 Å². The quantitative estimate of drug-likeness (QED) is 0.197. The minimum Gasteiger partial charge on any atom is -0.480 e. The van der Waals surface area contributed by atoms with Gasteiger partial charge in [0.05, 0.1) is 6.61 Å². The number of hydrogen-bond acceptors (Lipinski definition) is 7. The highest BCUT2D eigenvalue weighted by atomic mass is 16.6. The Morgan fingerprint density at radius 3 is 2.48 bits per heavy atom. The predicted octanol–water partition coefficient (Wildman–Crippen LogP) is 1.75. The molecule has 0 aliphatic carbocycles. The Kier molecular flexibility index (Phi) is 9.96. The first-order valence-corrected chi connectivity index (χ1v) is 8.75. The highest BCUT2D eigenvalue weighted by molar-refractivity contribution is 5.79. The van der Waals surface area contributed by atoms with Gasteiger partial charge in [-0.25, -0.2) is 19.8 Å². The number of carbonyl (C=O) groups is 3. The number of ether oxygens (including phenoxy) is 2. The molecule has 1 aromatic carbocycles. The zero-order valence-corrected chi connectivity index (χ0v) is 16.5. The Balaban J connectivity index is 2.23. The molecule has 0 heterocycles. The molecule has 0 aromatic heterocycles. The maximum atomic E-state index is 11.7. The lowest BCUT2D eigenvalue weighted by Crippen LogP contribution is -2.42. The second-order valence-electron chi connectivity index (χ2n) is 6.72. The van der Waals surface area contributed by atoms with Crippen LogP contribution in [-0.4, -0.2) is 47.9 Å². The number of carbonyl (C=O) groups excluding carboxylic acids is 2. The summed E-state index contributed by atoms with van der Waals surface area (Å²) in [7, 11) is 0. The lowest BCUT2D eigenvalue weighted by molar-refractivity contribution is -0.140. The summed E-state index contributed by atoms with van der Waals surface area (Å²) in [6.07, 6.45) is -0.575. The van der Waals surface area contributed by atoms with Crippen molar-refractivity contribution in [1.82, 2.24) is 16.2 Å². The number of hydrogen-bond donors (Lipinski definition) is 4. The average molecular weight is 410 g/mol. The van der Waals surface area contributed by atoms with Gasteiger partial charge in [-0.3, -0.25) is 10.3 Å². The van der Waals surface area contributed by atoms with Gasteiger partial charge in [-0.15, -0.1) is 0 Å². The van der Waals surface area contributed by atoms with Crippen molar-refractivity contribution in [2.75, 3.05) is 6.61 Å². The SMILES string of the molecule is CC(C)(C)OC(=O)NN=CNOCC[C@H](NC(=O)OCc1ccccc1)C(=O)O. The highest BCUT2D eigenvalue weighted by Gasteiger charge is 2.20. The van der Waals surface area contributed by atoms with E-state index in [2.05, 4.69) is 21.3 Å². The van der Waals surface area contributed by atoms with E-state index in [1.165, 1.54) is 0 Å². The Labute approximate surface area is 168 Å². The average Bonchev–Trinajstić information content (AvgIpc) is 2.64. The summed E-state index contributed by atoms with van der Waals surface area (Å²) in [5.74, 6) is -1.23. The van der Waals surface area contributed by atoms with Crippen molar-refractivity contribution < 1.29 is 33.8 Å². The number of amides is 2. The number of nitrogens with zero attached hydrogens (tertiary/aromatic N) is 1. The van der Waals surface area contributed by atoms with Gasteiger partial charge in [-0.05, 0) is 26.3 Å². The van der Waals surface area contributed by atoms with Gasteiger partial charge in [-0.2, -0.15) is 5.10 Å². The van der Waals surface area contributed by atoms with E-state index < -0.39 is 29.8 Å². The van der Waals surface area contributed by atoms with Gasteiger partial charge < -0.3 is 19.9 Å². The molecule has 0 aliphatic heterocycles. The van der Waals surface area contributed by atoms with Crippen LogP contribution in [-0.2, 0) is 25.7 Å². The Hall–Kier alpha value is -3.34. The Bertz CT molecular complexity index is 689. The molecule has 11 heteroatoms. The van der Waals surface area contributed by atoms with Crippen LogP contribution in [0.15, 0.2) is 35.4 Å². The molecule has 0 spiro atoms. The van der Waals surface area contributed by atoms with Crippen LogP contribution in [0.1, 0.15) is 32.8 Å². The summed E-state index contributed by atoms with van der Waals surface area (Å²) in [4.78, 5) is 39.3. The van der Waals surface area contributed by atoms with Crippen molar-refractivity contribution >= 4 is 24.5 Å². The first kappa shape index (κ1) is 23.7.